The highest BCUT2D eigenvalue weighted by Gasteiger charge is 2.14. The zero-order chi connectivity index (χ0) is 10.7. The van der Waals surface area contributed by atoms with Gasteiger partial charge in [-0.3, -0.25) is 4.79 Å². The molecule has 0 saturated carbocycles. The van der Waals surface area contributed by atoms with E-state index in [-0.39, 0.29) is 6.42 Å². The second kappa shape index (κ2) is 4.37. The summed E-state index contributed by atoms with van der Waals surface area (Å²) in [5.74, 6) is -3.15. The molecule has 0 aromatic heterocycles. The van der Waals surface area contributed by atoms with Crippen molar-refractivity contribution in [3.63, 3.8) is 0 Å². The molecule has 14 heavy (non-hydrogen) atoms. The largest absolute Gasteiger partial charge is 0.480 e. The van der Waals surface area contributed by atoms with Gasteiger partial charge in [0.05, 0.1) is 0 Å². The molecule has 1 aromatic carbocycles. The van der Waals surface area contributed by atoms with E-state index in [0.717, 1.165) is 12.1 Å². The van der Waals surface area contributed by atoms with Gasteiger partial charge in [0.2, 0.25) is 0 Å². The Morgan fingerprint density at radius 1 is 1.43 bits per heavy atom. The van der Waals surface area contributed by atoms with E-state index in [9.17, 15) is 13.6 Å². The Morgan fingerprint density at radius 3 is 2.57 bits per heavy atom. The van der Waals surface area contributed by atoms with Crippen LogP contribution in [0.1, 0.15) is 5.56 Å². The molecule has 0 aliphatic carbocycles. The number of aliphatic carboxylic acids is 1. The SMILES string of the molecule is O=C(O)C(Cl)Cc1ccc(F)c(F)c1. The topological polar surface area (TPSA) is 37.3 Å². The molecule has 5 heteroatoms. The van der Waals surface area contributed by atoms with Gasteiger partial charge < -0.3 is 5.11 Å². The maximum atomic E-state index is 12.7. The number of rotatable bonds is 3. The van der Waals surface area contributed by atoms with Gasteiger partial charge in [-0.2, -0.15) is 0 Å². The monoisotopic (exact) mass is 220 g/mol. The van der Waals surface area contributed by atoms with Crippen LogP contribution in [-0.4, -0.2) is 16.5 Å². The number of carboxylic acids is 1. The van der Waals surface area contributed by atoms with Crippen molar-refractivity contribution >= 4 is 17.6 Å². The van der Waals surface area contributed by atoms with Crippen LogP contribution in [-0.2, 0) is 11.2 Å². The Labute approximate surface area is 84.1 Å². The molecule has 0 spiro atoms. The fourth-order valence-corrected chi connectivity index (χ4v) is 1.14. The van der Waals surface area contributed by atoms with Crippen LogP contribution in [0.5, 0.6) is 0 Å². The van der Waals surface area contributed by atoms with Crippen LogP contribution in [0.15, 0.2) is 18.2 Å². The first kappa shape index (κ1) is 10.9. The molecule has 0 amide bonds. The van der Waals surface area contributed by atoms with Crippen molar-refractivity contribution in [1.82, 2.24) is 0 Å². The van der Waals surface area contributed by atoms with Gasteiger partial charge in [-0.15, -0.1) is 11.6 Å². The van der Waals surface area contributed by atoms with Crippen LogP contribution in [0, 0.1) is 11.6 Å². The highest BCUT2D eigenvalue weighted by atomic mass is 35.5. The number of hydrogen-bond donors (Lipinski definition) is 1. The molecule has 0 fully saturated rings. The van der Waals surface area contributed by atoms with Crippen molar-refractivity contribution in [2.45, 2.75) is 11.8 Å². The molecule has 0 aliphatic heterocycles. The van der Waals surface area contributed by atoms with Gasteiger partial charge in [-0.25, -0.2) is 8.78 Å². The number of hydrogen-bond acceptors (Lipinski definition) is 1. The van der Waals surface area contributed by atoms with E-state index in [1.54, 1.807) is 0 Å². The summed E-state index contributed by atoms with van der Waals surface area (Å²) < 4.78 is 25.1. The zero-order valence-corrected chi connectivity index (χ0v) is 7.76. The van der Waals surface area contributed by atoms with Crippen molar-refractivity contribution in [1.29, 1.82) is 0 Å². The van der Waals surface area contributed by atoms with Gasteiger partial charge in [0, 0.05) is 0 Å². The average Bonchev–Trinajstić information content (AvgIpc) is 2.11. The summed E-state index contributed by atoms with van der Waals surface area (Å²) in [7, 11) is 0. The van der Waals surface area contributed by atoms with E-state index in [2.05, 4.69) is 0 Å². The van der Waals surface area contributed by atoms with Crippen LogP contribution in [0.4, 0.5) is 8.78 Å². The molecule has 0 radical (unpaired) electrons. The van der Waals surface area contributed by atoms with Gasteiger partial charge in [-0.05, 0) is 24.1 Å². The summed E-state index contributed by atoms with van der Waals surface area (Å²) in [6.07, 6.45) is -0.0336. The first-order chi connectivity index (χ1) is 6.50. The van der Waals surface area contributed by atoms with Crippen LogP contribution in [0.2, 0.25) is 0 Å². The lowest BCUT2D eigenvalue weighted by Crippen LogP contribution is -2.16. The molecular formula is C9H7ClF2O2. The van der Waals surface area contributed by atoms with Crippen molar-refractivity contribution < 1.29 is 18.7 Å². The Hall–Kier alpha value is -1.16. The third kappa shape index (κ3) is 2.67. The molecule has 1 aromatic rings. The average molecular weight is 221 g/mol. The number of carboxylic acid groups (broad SMARTS) is 1. The molecule has 1 N–H and O–H groups in total. The van der Waals surface area contributed by atoms with Crippen molar-refractivity contribution in [3.8, 4) is 0 Å². The number of alkyl halides is 1. The molecule has 0 aliphatic rings. The Morgan fingerprint density at radius 2 is 2.07 bits per heavy atom. The third-order valence-electron chi connectivity index (χ3n) is 1.67. The van der Waals surface area contributed by atoms with E-state index < -0.39 is 23.0 Å². The quantitative estimate of drug-likeness (QED) is 0.793. The lowest BCUT2D eigenvalue weighted by Gasteiger charge is -2.04. The molecule has 2 nitrogen and oxygen atoms in total. The highest BCUT2D eigenvalue weighted by molar-refractivity contribution is 6.29. The third-order valence-corrected chi connectivity index (χ3v) is 2.01. The van der Waals surface area contributed by atoms with Crippen molar-refractivity contribution in [2.24, 2.45) is 0 Å². The molecular weight excluding hydrogens is 214 g/mol. The molecule has 0 heterocycles. The standard InChI is InChI=1S/C9H7ClF2O2/c10-6(9(13)14)3-5-1-2-7(11)8(12)4-5/h1-2,4,6H,3H2,(H,13,14). The van der Waals surface area contributed by atoms with E-state index in [1.807, 2.05) is 0 Å². The van der Waals surface area contributed by atoms with Gasteiger partial charge >= 0.3 is 5.97 Å². The molecule has 1 atom stereocenters. The maximum absolute atomic E-state index is 12.7. The molecule has 1 unspecified atom stereocenters. The second-order valence-corrected chi connectivity index (χ2v) is 3.29. The molecule has 0 saturated heterocycles. The van der Waals surface area contributed by atoms with Crippen LogP contribution < -0.4 is 0 Å². The molecule has 1 rings (SSSR count). The molecule has 76 valence electrons. The fraction of sp³-hybridized carbons (Fsp3) is 0.222. The van der Waals surface area contributed by atoms with Gasteiger partial charge in [0.15, 0.2) is 11.6 Å². The maximum Gasteiger partial charge on any atom is 0.321 e. The minimum atomic E-state index is -1.18. The normalized spacial score (nSPS) is 12.5. The van der Waals surface area contributed by atoms with Crippen LogP contribution in [0.25, 0.3) is 0 Å². The Kier molecular flexibility index (Phi) is 3.41. The minimum absolute atomic E-state index is 0.0336. The van der Waals surface area contributed by atoms with Crippen LogP contribution >= 0.6 is 11.6 Å². The summed E-state index contributed by atoms with van der Waals surface area (Å²) in [6.45, 7) is 0. The summed E-state index contributed by atoms with van der Waals surface area (Å²) in [5.41, 5.74) is 0.353. The van der Waals surface area contributed by atoms with Gasteiger partial charge in [-0.1, -0.05) is 6.07 Å². The Balaban J connectivity index is 2.78. The smallest absolute Gasteiger partial charge is 0.321 e. The van der Waals surface area contributed by atoms with E-state index in [1.165, 1.54) is 6.07 Å². The van der Waals surface area contributed by atoms with Gasteiger partial charge in [0.25, 0.3) is 0 Å². The lowest BCUT2D eigenvalue weighted by molar-refractivity contribution is -0.136. The van der Waals surface area contributed by atoms with Crippen molar-refractivity contribution in [2.75, 3.05) is 0 Å². The summed E-state index contributed by atoms with van der Waals surface area (Å²) in [6, 6.07) is 3.18. The second-order valence-electron chi connectivity index (χ2n) is 2.76. The summed E-state index contributed by atoms with van der Waals surface area (Å²) in [5, 5.41) is 7.34. The predicted molar refractivity (Wildman–Crippen MR) is 47.3 cm³/mol. The number of benzene rings is 1. The van der Waals surface area contributed by atoms with E-state index in [0.29, 0.717) is 5.56 Å². The van der Waals surface area contributed by atoms with Crippen molar-refractivity contribution in [3.05, 3.63) is 35.4 Å². The predicted octanol–water partition coefficient (Wildman–Crippen LogP) is 2.20. The first-order valence-corrected chi connectivity index (χ1v) is 4.25. The first-order valence-electron chi connectivity index (χ1n) is 3.81. The fourth-order valence-electron chi connectivity index (χ4n) is 0.961. The van der Waals surface area contributed by atoms with E-state index >= 15 is 0 Å². The number of halogens is 3. The summed E-state index contributed by atoms with van der Waals surface area (Å²) >= 11 is 5.43. The van der Waals surface area contributed by atoms with Crippen LogP contribution in [0.3, 0.4) is 0 Å². The Bertz CT molecular complexity index is 355. The number of carbonyl (C=O) groups is 1. The minimum Gasteiger partial charge on any atom is -0.480 e. The van der Waals surface area contributed by atoms with E-state index in [4.69, 9.17) is 16.7 Å². The summed E-state index contributed by atoms with van der Waals surface area (Å²) in [4.78, 5) is 10.4. The lowest BCUT2D eigenvalue weighted by atomic mass is 10.1. The molecule has 0 bridgehead atoms. The highest BCUT2D eigenvalue weighted by Crippen LogP contribution is 2.12. The zero-order valence-electron chi connectivity index (χ0n) is 7.01. The van der Waals surface area contributed by atoms with Gasteiger partial charge in [0.1, 0.15) is 5.38 Å².